The van der Waals surface area contributed by atoms with E-state index in [0.717, 1.165) is 4.68 Å². The highest BCUT2D eigenvalue weighted by Gasteiger charge is 2.18. The second-order valence-electron chi connectivity index (χ2n) is 5.52. The van der Waals surface area contributed by atoms with E-state index in [-0.39, 0.29) is 35.3 Å². The molecule has 0 bridgehead atoms. The molecule has 3 rings (SSSR count). The van der Waals surface area contributed by atoms with Gasteiger partial charge in [0.1, 0.15) is 18.7 Å². The molecule has 27 heavy (non-hydrogen) atoms. The van der Waals surface area contributed by atoms with Crippen molar-refractivity contribution in [1.29, 1.82) is 0 Å². The minimum absolute atomic E-state index is 0.126. The largest absolute Gasteiger partial charge is 0.465 e. The average molecular weight is 372 g/mol. The first kappa shape index (κ1) is 18.2. The Balaban J connectivity index is 1.73. The fourth-order valence-corrected chi connectivity index (χ4v) is 2.52. The number of carbonyl (C=O) groups excluding carboxylic acids is 2. The van der Waals surface area contributed by atoms with Crippen LogP contribution in [0.2, 0.25) is 0 Å². The number of hydrogen-bond acceptors (Lipinski definition) is 7. The molecule has 9 heteroatoms. The zero-order chi connectivity index (χ0) is 19.4. The van der Waals surface area contributed by atoms with Crippen LogP contribution < -0.4 is 11.1 Å². The molecule has 0 unspecified atom stereocenters. The Hall–Kier alpha value is -3.62. The molecule has 0 amide bonds. The molecule has 0 aliphatic heterocycles. The summed E-state index contributed by atoms with van der Waals surface area (Å²) in [7, 11) is 0. The average Bonchev–Trinajstić information content (AvgIpc) is 3.13. The monoisotopic (exact) mass is 372 g/mol. The molecular formula is C18H16N2O7. The number of nitrogens with zero attached hydrogens (tertiary/aromatic N) is 1. The summed E-state index contributed by atoms with van der Waals surface area (Å²) < 4.78 is 15.9. The summed E-state index contributed by atoms with van der Waals surface area (Å²) in [5.74, 6) is -1.25. The lowest BCUT2D eigenvalue weighted by Gasteiger charge is -2.08. The van der Waals surface area contributed by atoms with Crippen molar-refractivity contribution in [3.8, 4) is 0 Å². The van der Waals surface area contributed by atoms with Crippen molar-refractivity contribution in [3.63, 3.8) is 0 Å². The van der Waals surface area contributed by atoms with Crippen LogP contribution in [0.15, 0.2) is 50.6 Å². The maximum atomic E-state index is 12.4. The van der Waals surface area contributed by atoms with Gasteiger partial charge in [-0.15, -0.1) is 0 Å². The molecule has 9 nitrogen and oxygen atoms in total. The van der Waals surface area contributed by atoms with Crippen molar-refractivity contribution >= 4 is 22.7 Å². The molecule has 1 N–H and O–H groups in total. The lowest BCUT2D eigenvalue weighted by Crippen LogP contribution is -2.32. The topological polar surface area (TPSA) is 121 Å². The third-order valence-electron chi connectivity index (χ3n) is 3.78. The van der Waals surface area contributed by atoms with Crippen LogP contribution in [-0.4, -0.2) is 28.3 Å². The molecular weight excluding hydrogens is 356 g/mol. The molecule has 0 saturated carbocycles. The molecule has 0 aliphatic rings. The minimum Gasteiger partial charge on any atom is -0.465 e. The van der Waals surface area contributed by atoms with Gasteiger partial charge in [-0.25, -0.2) is 9.48 Å². The Morgan fingerprint density at radius 1 is 1.11 bits per heavy atom. The zero-order valence-electron chi connectivity index (χ0n) is 14.4. The van der Waals surface area contributed by atoms with Crippen molar-refractivity contribution in [1.82, 2.24) is 9.78 Å². The van der Waals surface area contributed by atoms with E-state index in [1.54, 1.807) is 19.1 Å². The summed E-state index contributed by atoms with van der Waals surface area (Å²) in [5.41, 5.74) is -0.859. The van der Waals surface area contributed by atoms with Crippen LogP contribution in [-0.2, 0) is 27.4 Å². The van der Waals surface area contributed by atoms with Gasteiger partial charge in [-0.1, -0.05) is 12.1 Å². The van der Waals surface area contributed by atoms with Gasteiger partial charge in [0.2, 0.25) is 0 Å². The molecule has 1 aromatic carbocycles. The molecule has 0 aliphatic carbocycles. The van der Waals surface area contributed by atoms with Gasteiger partial charge in [0.05, 0.1) is 23.6 Å². The Kier molecular flexibility index (Phi) is 5.20. The number of hydrogen-bond donors (Lipinski definition) is 1. The van der Waals surface area contributed by atoms with Gasteiger partial charge in [-0.2, -0.15) is 0 Å². The SMILES string of the molecule is CCOC(=O)c1ccoc1COC(=O)Cn1[nH]c(=O)c2ccccc2c1=O. The minimum atomic E-state index is -0.783. The van der Waals surface area contributed by atoms with E-state index in [4.69, 9.17) is 13.9 Å². The summed E-state index contributed by atoms with van der Waals surface area (Å²) in [4.78, 5) is 48.2. The highest BCUT2D eigenvalue weighted by atomic mass is 16.5. The molecule has 0 spiro atoms. The van der Waals surface area contributed by atoms with E-state index in [1.807, 2.05) is 0 Å². The molecule has 0 radical (unpaired) electrons. The van der Waals surface area contributed by atoms with Gasteiger partial charge in [0.25, 0.3) is 11.1 Å². The predicted molar refractivity (Wildman–Crippen MR) is 93.3 cm³/mol. The summed E-state index contributed by atoms with van der Waals surface area (Å²) in [6, 6.07) is 7.70. The van der Waals surface area contributed by atoms with Crippen LogP contribution in [0.5, 0.6) is 0 Å². The number of rotatable bonds is 6. The molecule has 2 heterocycles. The first-order valence-corrected chi connectivity index (χ1v) is 8.12. The second-order valence-corrected chi connectivity index (χ2v) is 5.52. The zero-order valence-corrected chi connectivity index (χ0v) is 14.4. The lowest BCUT2D eigenvalue weighted by molar-refractivity contribution is -0.146. The number of aromatic amines is 1. The van der Waals surface area contributed by atoms with Crippen molar-refractivity contribution in [2.24, 2.45) is 0 Å². The summed E-state index contributed by atoms with van der Waals surface area (Å²) in [5, 5.41) is 2.78. The molecule has 0 atom stereocenters. The number of ether oxygens (including phenoxy) is 2. The van der Waals surface area contributed by atoms with Crippen molar-refractivity contribution < 1.29 is 23.5 Å². The van der Waals surface area contributed by atoms with Crippen LogP contribution >= 0.6 is 0 Å². The third-order valence-corrected chi connectivity index (χ3v) is 3.78. The fraction of sp³-hybridized carbons (Fsp3) is 0.222. The number of nitrogens with one attached hydrogen (secondary N) is 1. The number of aromatic nitrogens is 2. The molecule has 0 saturated heterocycles. The highest BCUT2D eigenvalue weighted by Crippen LogP contribution is 2.13. The van der Waals surface area contributed by atoms with Gasteiger partial charge < -0.3 is 13.9 Å². The van der Waals surface area contributed by atoms with Gasteiger partial charge in [0.15, 0.2) is 5.76 Å². The van der Waals surface area contributed by atoms with Crippen LogP contribution in [0, 0.1) is 0 Å². The first-order chi connectivity index (χ1) is 13.0. The van der Waals surface area contributed by atoms with Gasteiger partial charge in [0, 0.05) is 0 Å². The number of fused-ring (bicyclic) bond motifs is 1. The smallest absolute Gasteiger partial charge is 0.341 e. The van der Waals surface area contributed by atoms with E-state index < -0.39 is 29.6 Å². The van der Waals surface area contributed by atoms with Crippen LogP contribution in [0.4, 0.5) is 0 Å². The Morgan fingerprint density at radius 3 is 2.59 bits per heavy atom. The molecule has 2 aromatic heterocycles. The normalized spacial score (nSPS) is 10.7. The number of esters is 2. The predicted octanol–water partition coefficient (Wildman–Crippen LogP) is 1.20. The van der Waals surface area contributed by atoms with Crippen LogP contribution in [0.3, 0.4) is 0 Å². The molecule has 0 fully saturated rings. The van der Waals surface area contributed by atoms with E-state index in [9.17, 15) is 19.2 Å². The quantitative estimate of drug-likeness (QED) is 0.646. The molecule has 3 aromatic rings. The maximum absolute atomic E-state index is 12.4. The van der Waals surface area contributed by atoms with Crippen molar-refractivity contribution in [2.45, 2.75) is 20.1 Å². The number of benzene rings is 1. The maximum Gasteiger partial charge on any atom is 0.341 e. The van der Waals surface area contributed by atoms with Crippen LogP contribution in [0.1, 0.15) is 23.0 Å². The van der Waals surface area contributed by atoms with Crippen LogP contribution in [0.25, 0.3) is 10.8 Å². The third kappa shape index (κ3) is 3.81. The first-order valence-electron chi connectivity index (χ1n) is 8.12. The van der Waals surface area contributed by atoms with Gasteiger partial charge in [-0.05, 0) is 25.1 Å². The summed E-state index contributed by atoms with van der Waals surface area (Å²) in [6.07, 6.45) is 1.28. The van der Waals surface area contributed by atoms with Gasteiger partial charge >= 0.3 is 11.9 Å². The highest BCUT2D eigenvalue weighted by molar-refractivity contribution is 5.90. The van der Waals surface area contributed by atoms with Gasteiger partial charge in [-0.3, -0.25) is 19.5 Å². The standard InChI is InChI=1S/C18H16N2O7/c1-2-25-18(24)13-7-8-26-14(13)10-27-15(21)9-20-17(23)12-6-4-3-5-11(12)16(22)19-20/h3-8H,2,9-10H2,1H3,(H,19,22). The van der Waals surface area contributed by atoms with Crippen molar-refractivity contribution in [3.05, 3.63) is 68.6 Å². The van der Waals surface area contributed by atoms with E-state index in [1.165, 1.54) is 24.5 Å². The summed E-state index contributed by atoms with van der Waals surface area (Å²) in [6.45, 7) is 1.06. The summed E-state index contributed by atoms with van der Waals surface area (Å²) >= 11 is 0. The number of furan rings is 1. The second kappa shape index (κ2) is 7.73. The number of carbonyl (C=O) groups is 2. The lowest BCUT2D eigenvalue weighted by atomic mass is 10.2. The fourth-order valence-electron chi connectivity index (χ4n) is 2.52. The Bertz CT molecular complexity index is 1110. The van der Waals surface area contributed by atoms with E-state index >= 15 is 0 Å². The van der Waals surface area contributed by atoms with Crippen molar-refractivity contribution in [2.75, 3.05) is 6.61 Å². The molecule has 140 valence electrons. The Labute approximate surface area is 152 Å². The van der Waals surface area contributed by atoms with E-state index in [0.29, 0.717) is 0 Å². The van der Waals surface area contributed by atoms with E-state index in [2.05, 4.69) is 5.10 Å². The Morgan fingerprint density at radius 2 is 1.85 bits per heavy atom. The number of H-pyrrole nitrogens is 1.